The molecule has 3 nitrogen and oxygen atoms in total. The molecule has 1 aromatic rings. The van der Waals surface area contributed by atoms with Crippen LogP contribution in [0.3, 0.4) is 0 Å². The molecule has 4 heteroatoms. The highest BCUT2D eigenvalue weighted by Crippen LogP contribution is 2.17. The highest BCUT2D eigenvalue weighted by Gasteiger charge is 2.15. The molecule has 1 saturated carbocycles. The topological polar surface area (TPSA) is 36.4 Å². The van der Waals surface area contributed by atoms with Crippen molar-refractivity contribution < 1.29 is 0 Å². The molecule has 19 heavy (non-hydrogen) atoms. The number of rotatable bonds is 5. The first-order chi connectivity index (χ1) is 9.38. The lowest BCUT2D eigenvalue weighted by atomic mass is 10.2. The number of guanidine groups is 1. The van der Waals surface area contributed by atoms with Gasteiger partial charge in [0.05, 0.1) is 0 Å². The number of thioether (sulfide) groups is 1. The zero-order chi connectivity index (χ0) is 13.3. The van der Waals surface area contributed by atoms with Crippen LogP contribution in [0.5, 0.6) is 0 Å². The van der Waals surface area contributed by atoms with Crippen LogP contribution in [-0.2, 0) is 0 Å². The lowest BCUT2D eigenvalue weighted by molar-refractivity contribution is 0.616. The fourth-order valence-corrected chi connectivity index (χ4v) is 3.10. The molecule has 1 fully saturated rings. The third kappa shape index (κ3) is 5.15. The Bertz CT molecular complexity index is 386. The second-order valence-electron chi connectivity index (χ2n) is 4.79. The van der Waals surface area contributed by atoms with Gasteiger partial charge in [0.15, 0.2) is 5.96 Å². The predicted molar refractivity (Wildman–Crippen MR) is 83.9 cm³/mol. The van der Waals surface area contributed by atoms with Crippen molar-refractivity contribution in [2.45, 2.75) is 36.6 Å². The standard InChI is InChI=1S/C15H23N3S/c1-16-15(18-13-7-5-6-8-13)17-11-12-19-14-9-3-2-4-10-14/h2-4,9-10,13H,5-8,11-12H2,1H3,(H2,16,17,18). The van der Waals surface area contributed by atoms with Gasteiger partial charge >= 0.3 is 0 Å². The lowest BCUT2D eigenvalue weighted by Gasteiger charge is -2.16. The number of benzene rings is 1. The third-order valence-corrected chi connectivity index (χ3v) is 4.34. The minimum absolute atomic E-state index is 0.618. The van der Waals surface area contributed by atoms with E-state index in [0.717, 1.165) is 18.3 Å². The van der Waals surface area contributed by atoms with Gasteiger partial charge in [0, 0.05) is 30.3 Å². The number of hydrogen-bond donors (Lipinski definition) is 2. The molecule has 1 aliphatic carbocycles. The van der Waals surface area contributed by atoms with Crippen molar-refractivity contribution in [1.29, 1.82) is 0 Å². The lowest BCUT2D eigenvalue weighted by Crippen LogP contribution is -2.43. The van der Waals surface area contributed by atoms with E-state index in [9.17, 15) is 0 Å². The largest absolute Gasteiger partial charge is 0.356 e. The van der Waals surface area contributed by atoms with Gasteiger partial charge in [-0.3, -0.25) is 4.99 Å². The van der Waals surface area contributed by atoms with E-state index in [4.69, 9.17) is 0 Å². The maximum absolute atomic E-state index is 4.28. The number of nitrogens with one attached hydrogen (secondary N) is 2. The van der Waals surface area contributed by atoms with E-state index < -0.39 is 0 Å². The maximum Gasteiger partial charge on any atom is 0.191 e. The maximum atomic E-state index is 4.28. The molecule has 0 amide bonds. The Morgan fingerprint density at radius 2 is 2.00 bits per heavy atom. The summed E-state index contributed by atoms with van der Waals surface area (Å²) in [7, 11) is 1.84. The Kier molecular flexibility index (Phi) is 6.08. The van der Waals surface area contributed by atoms with E-state index in [1.807, 2.05) is 18.8 Å². The molecule has 104 valence electrons. The van der Waals surface area contributed by atoms with Crippen molar-refractivity contribution in [3.8, 4) is 0 Å². The zero-order valence-electron chi connectivity index (χ0n) is 11.6. The van der Waals surface area contributed by atoms with Crippen molar-refractivity contribution in [1.82, 2.24) is 10.6 Å². The summed E-state index contributed by atoms with van der Waals surface area (Å²) < 4.78 is 0. The normalized spacial score (nSPS) is 16.6. The average Bonchev–Trinajstić information content (AvgIpc) is 2.96. The minimum Gasteiger partial charge on any atom is -0.356 e. The van der Waals surface area contributed by atoms with Gasteiger partial charge in [-0.1, -0.05) is 31.0 Å². The van der Waals surface area contributed by atoms with Crippen LogP contribution in [0.25, 0.3) is 0 Å². The van der Waals surface area contributed by atoms with Crippen LogP contribution >= 0.6 is 11.8 Å². The zero-order valence-corrected chi connectivity index (χ0v) is 12.4. The van der Waals surface area contributed by atoms with Crippen LogP contribution in [0.2, 0.25) is 0 Å². The van der Waals surface area contributed by atoms with Gasteiger partial charge in [0.25, 0.3) is 0 Å². The van der Waals surface area contributed by atoms with Crippen molar-refractivity contribution >= 4 is 17.7 Å². The smallest absolute Gasteiger partial charge is 0.191 e. The van der Waals surface area contributed by atoms with Gasteiger partial charge in [-0.15, -0.1) is 11.8 Å². The van der Waals surface area contributed by atoms with Crippen molar-refractivity contribution in [3.05, 3.63) is 30.3 Å². The van der Waals surface area contributed by atoms with Gasteiger partial charge in [-0.2, -0.15) is 0 Å². The average molecular weight is 277 g/mol. The molecule has 0 radical (unpaired) electrons. The third-order valence-electron chi connectivity index (χ3n) is 3.33. The molecule has 1 aromatic carbocycles. The van der Waals surface area contributed by atoms with E-state index in [0.29, 0.717) is 6.04 Å². The molecular weight excluding hydrogens is 254 g/mol. The molecule has 2 N–H and O–H groups in total. The van der Waals surface area contributed by atoms with Crippen LogP contribution in [-0.4, -0.2) is 31.3 Å². The number of aliphatic imine (C=N–C) groups is 1. The van der Waals surface area contributed by atoms with E-state index in [-0.39, 0.29) is 0 Å². The Morgan fingerprint density at radius 3 is 2.68 bits per heavy atom. The summed E-state index contributed by atoms with van der Waals surface area (Å²) in [5, 5.41) is 6.88. The van der Waals surface area contributed by atoms with Gasteiger partial charge in [0.1, 0.15) is 0 Å². The van der Waals surface area contributed by atoms with Crippen molar-refractivity contribution in [2.24, 2.45) is 4.99 Å². The van der Waals surface area contributed by atoms with Crippen LogP contribution in [0.1, 0.15) is 25.7 Å². The SMILES string of the molecule is CN=C(NCCSc1ccccc1)NC1CCCC1. The van der Waals surface area contributed by atoms with E-state index in [2.05, 4.69) is 46.0 Å². The van der Waals surface area contributed by atoms with Crippen LogP contribution in [0.4, 0.5) is 0 Å². The fraction of sp³-hybridized carbons (Fsp3) is 0.533. The molecule has 0 spiro atoms. The predicted octanol–water partition coefficient (Wildman–Crippen LogP) is 2.89. The van der Waals surface area contributed by atoms with Crippen LogP contribution in [0.15, 0.2) is 40.2 Å². The van der Waals surface area contributed by atoms with Gasteiger partial charge < -0.3 is 10.6 Å². The van der Waals surface area contributed by atoms with E-state index >= 15 is 0 Å². The minimum atomic E-state index is 0.618. The van der Waals surface area contributed by atoms with Gasteiger partial charge in [0.2, 0.25) is 0 Å². The first kappa shape index (κ1) is 14.3. The summed E-state index contributed by atoms with van der Waals surface area (Å²) in [4.78, 5) is 5.60. The first-order valence-corrected chi connectivity index (χ1v) is 8.02. The molecule has 2 rings (SSSR count). The fourth-order valence-electron chi connectivity index (χ4n) is 2.31. The van der Waals surface area contributed by atoms with Gasteiger partial charge in [-0.05, 0) is 25.0 Å². The molecule has 0 heterocycles. The highest BCUT2D eigenvalue weighted by atomic mass is 32.2. The molecule has 0 aliphatic heterocycles. The van der Waals surface area contributed by atoms with Gasteiger partial charge in [-0.25, -0.2) is 0 Å². The summed E-state index contributed by atoms with van der Waals surface area (Å²) in [5.41, 5.74) is 0. The quantitative estimate of drug-likeness (QED) is 0.376. The summed E-state index contributed by atoms with van der Waals surface area (Å²) >= 11 is 1.87. The summed E-state index contributed by atoms with van der Waals surface area (Å²) in [6.45, 7) is 0.936. The Hall–Kier alpha value is -1.16. The number of hydrogen-bond acceptors (Lipinski definition) is 2. The number of nitrogens with zero attached hydrogens (tertiary/aromatic N) is 1. The monoisotopic (exact) mass is 277 g/mol. The summed E-state index contributed by atoms with van der Waals surface area (Å²) in [5.74, 6) is 2.00. The second-order valence-corrected chi connectivity index (χ2v) is 5.95. The van der Waals surface area contributed by atoms with Crippen molar-refractivity contribution in [3.63, 3.8) is 0 Å². The van der Waals surface area contributed by atoms with Crippen LogP contribution < -0.4 is 10.6 Å². The molecule has 1 aliphatic rings. The molecule has 0 unspecified atom stereocenters. The highest BCUT2D eigenvalue weighted by molar-refractivity contribution is 7.99. The Labute approximate surface area is 120 Å². The molecule has 0 bridgehead atoms. The van der Waals surface area contributed by atoms with E-state index in [1.165, 1.54) is 30.6 Å². The summed E-state index contributed by atoms with van der Waals surface area (Å²) in [6.07, 6.45) is 5.25. The molecule has 0 atom stereocenters. The van der Waals surface area contributed by atoms with E-state index in [1.54, 1.807) is 0 Å². The summed E-state index contributed by atoms with van der Waals surface area (Å²) in [6, 6.07) is 11.1. The Morgan fingerprint density at radius 1 is 1.26 bits per heavy atom. The second kappa shape index (κ2) is 8.10. The Balaban J connectivity index is 1.63. The molecule has 0 aromatic heterocycles. The van der Waals surface area contributed by atoms with Crippen LogP contribution in [0, 0.1) is 0 Å². The van der Waals surface area contributed by atoms with Crippen molar-refractivity contribution in [2.75, 3.05) is 19.3 Å². The molecular formula is C15H23N3S. The molecule has 0 saturated heterocycles. The first-order valence-electron chi connectivity index (χ1n) is 7.03.